The molecule has 0 bridgehead atoms. The molecule has 0 aliphatic heterocycles. The minimum absolute atomic E-state index is 0.0123. The molecule has 2 rings (SSSR count). The van der Waals surface area contributed by atoms with Crippen molar-refractivity contribution < 1.29 is 22.3 Å². The molecule has 0 spiro atoms. The Morgan fingerprint density at radius 1 is 1.14 bits per heavy atom. The third-order valence-electron chi connectivity index (χ3n) is 2.79. The Kier molecular flexibility index (Phi) is 4.13. The minimum Gasteiger partial charge on any atom is -0.508 e. The van der Waals surface area contributed by atoms with E-state index in [0.29, 0.717) is 5.56 Å². The molecule has 4 nitrogen and oxygen atoms in total. The lowest BCUT2D eigenvalue weighted by Crippen LogP contribution is -2.04. The molecule has 0 saturated carbocycles. The van der Waals surface area contributed by atoms with Crippen molar-refractivity contribution in [1.29, 1.82) is 0 Å². The Balaban J connectivity index is 2.23. The highest BCUT2D eigenvalue weighted by atomic mass is 32.2. The number of phenols is 1. The lowest BCUT2D eigenvalue weighted by molar-refractivity contribution is 0.468. The van der Waals surface area contributed by atoms with E-state index in [1.807, 2.05) is 0 Å². The Hall–Kier alpha value is -2.15. The van der Waals surface area contributed by atoms with Crippen LogP contribution < -0.4 is 5.32 Å². The van der Waals surface area contributed by atoms with E-state index in [4.69, 9.17) is 0 Å². The topological polar surface area (TPSA) is 66.4 Å². The Bertz CT molecular complexity index is 756. The molecule has 0 aliphatic carbocycles. The maximum atomic E-state index is 13.6. The molecule has 0 unspecified atom stereocenters. The van der Waals surface area contributed by atoms with Gasteiger partial charge >= 0.3 is 0 Å². The Morgan fingerprint density at radius 2 is 1.86 bits per heavy atom. The van der Waals surface area contributed by atoms with Gasteiger partial charge in [-0.1, -0.05) is 0 Å². The van der Waals surface area contributed by atoms with Crippen LogP contribution in [0.1, 0.15) is 5.56 Å². The zero-order valence-corrected chi connectivity index (χ0v) is 11.9. The number of benzene rings is 2. The predicted octanol–water partition coefficient (Wildman–Crippen LogP) is 2.69. The summed E-state index contributed by atoms with van der Waals surface area (Å²) >= 11 is 0. The van der Waals surface area contributed by atoms with Crippen molar-refractivity contribution in [3.8, 4) is 5.75 Å². The molecule has 0 fully saturated rings. The maximum Gasteiger partial charge on any atom is 0.175 e. The summed E-state index contributed by atoms with van der Waals surface area (Å²) in [4.78, 5) is -0.0199. The van der Waals surface area contributed by atoms with E-state index in [-0.39, 0.29) is 22.9 Å². The molecule has 0 atom stereocenters. The molecule has 112 valence electrons. The number of sulfone groups is 1. The van der Waals surface area contributed by atoms with Gasteiger partial charge in [-0.3, -0.25) is 0 Å². The molecule has 0 heterocycles. The van der Waals surface area contributed by atoms with Crippen molar-refractivity contribution in [3.05, 3.63) is 53.6 Å². The van der Waals surface area contributed by atoms with Crippen LogP contribution in [0.2, 0.25) is 0 Å². The van der Waals surface area contributed by atoms with Crippen molar-refractivity contribution >= 4 is 15.5 Å². The number of nitrogens with one attached hydrogen (secondary N) is 1. The van der Waals surface area contributed by atoms with Crippen molar-refractivity contribution in [2.75, 3.05) is 11.6 Å². The zero-order valence-electron chi connectivity index (χ0n) is 11.1. The molecule has 0 saturated heterocycles. The van der Waals surface area contributed by atoms with E-state index in [0.717, 1.165) is 18.4 Å². The average Bonchev–Trinajstić information content (AvgIpc) is 2.35. The quantitative estimate of drug-likeness (QED) is 0.852. The summed E-state index contributed by atoms with van der Waals surface area (Å²) in [6.07, 6.45) is 1.02. The smallest absolute Gasteiger partial charge is 0.175 e. The molecule has 2 N–H and O–H groups in total. The lowest BCUT2D eigenvalue weighted by Gasteiger charge is -2.10. The molecule has 0 radical (unpaired) electrons. The van der Waals surface area contributed by atoms with Crippen LogP contribution in [0.4, 0.5) is 14.5 Å². The summed E-state index contributed by atoms with van der Waals surface area (Å²) in [5, 5.41) is 12.0. The van der Waals surface area contributed by atoms with E-state index >= 15 is 0 Å². The van der Waals surface area contributed by atoms with E-state index < -0.39 is 21.5 Å². The normalized spacial score (nSPS) is 11.4. The highest BCUT2D eigenvalue weighted by molar-refractivity contribution is 7.90. The number of rotatable bonds is 4. The van der Waals surface area contributed by atoms with Crippen LogP contribution in [0, 0.1) is 11.6 Å². The van der Waals surface area contributed by atoms with Gasteiger partial charge in [0.15, 0.2) is 9.84 Å². The van der Waals surface area contributed by atoms with Crippen LogP contribution in [0.15, 0.2) is 41.3 Å². The van der Waals surface area contributed by atoms with Gasteiger partial charge in [-0.25, -0.2) is 17.2 Å². The van der Waals surface area contributed by atoms with Crippen molar-refractivity contribution in [2.45, 2.75) is 11.4 Å². The highest BCUT2D eigenvalue weighted by Gasteiger charge is 2.11. The predicted molar refractivity (Wildman–Crippen MR) is 74.9 cm³/mol. The summed E-state index contributed by atoms with van der Waals surface area (Å²) in [6.45, 7) is 0.0372. The van der Waals surface area contributed by atoms with Crippen LogP contribution in [0.5, 0.6) is 5.75 Å². The number of phenolic OH excluding ortho intramolecular Hbond substituents is 1. The van der Waals surface area contributed by atoms with Gasteiger partial charge in [0.1, 0.15) is 17.4 Å². The monoisotopic (exact) mass is 313 g/mol. The van der Waals surface area contributed by atoms with Crippen molar-refractivity contribution in [1.82, 2.24) is 0 Å². The molecule has 2 aromatic carbocycles. The minimum atomic E-state index is -3.45. The largest absolute Gasteiger partial charge is 0.508 e. The number of hydrogen-bond acceptors (Lipinski definition) is 4. The van der Waals surface area contributed by atoms with Crippen LogP contribution in [-0.4, -0.2) is 19.8 Å². The average molecular weight is 313 g/mol. The molecular weight excluding hydrogens is 300 g/mol. The third kappa shape index (κ3) is 3.91. The number of anilines is 1. The van der Waals surface area contributed by atoms with E-state index in [1.165, 1.54) is 24.3 Å². The van der Waals surface area contributed by atoms with Gasteiger partial charge in [0.25, 0.3) is 0 Å². The van der Waals surface area contributed by atoms with E-state index in [2.05, 4.69) is 5.32 Å². The van der Waals surface area contributed by atoms with Gasteiger partial charge in [-0.2, -0.15) is 0 Å². The first-order valence-electron chi connectivity index (χ1n) is 5.97. The fraction of sp³-hybridized carbons (Fsp3) is 0.143. The van der Waals surface area contributed by atoms with Gasteiger partial charge in [-0.15, -0.1) is 0 Å². The zero-order chi connectivity index (χ0) is 15.6. The highest BCUT2D eigenvalue weighted by Crippen LogP contribution is 2.21. The van der Waals surface area contributed by atoms with Crippen LogP contribution >= 0.6 is 0 Å². The molecular formula is C14H13F2NO3S. The Labute approximate surface area is 121 Å². The molecule has 2 aromatic rings. The standard InChI is InChI=1S/C14H13F2NO3S/c1-21(19,20)12-2-3-13(16)14(7-12)17-8-9-4-10(15)6-11(18)5-9/h2-7,17-18H,8H2,1H3. The number of aromatic hydroxyl groups is 1. The summed E-state index contributed by atoms with van der Waals surface area (Å²) in [7, 11) is -3.45. The maximum absolute atomic E-state index is 13.6. The first-order chi connectivity index (χ1) is 9.75. The van der Waals surface area contributed by atoms with Gasteiger partial charge in [0.2, 0.25) is 0 Å². The molecule has 7 heteroatoms. The first-order valence-corrected chi connectivity index (χ1v) is 7.87. The molecule has 0 aliphatic rings. The van der Waals surface area contributed by atoms with Crippen LogP contribution in [-0.2, 0) is 16.4 Å². The first kappa shape index (κ1) is 15.2. The third-order valence-corrected chi connectivity index (χ3v) is 3.90. The second-order valence-electron chi connectivity index (χ2n) is 4.59. The summed E-state index contributed by atoms with van der Waals surface area (Å²) in [6, 6.07) is 6.85. The van der Waals surface area contributed by atoms with E-state index in [9.17, 15) is 22.3 Å². The SMILES string of the molecule is CS(=O)(=O)c1ccc(F)c(NCc2cc(O)cc(F)c2)c1. The second-order valence-corrected chi connectivity index (χ2v) is 6.60. The van der Waals surface area contributed by atoms with E-state index in [1.54, 1.807) is 0 Å². The van der Waals surface area contributed by atoms with Crippen molar-refractivity contribution in [3.63, 3.8) is 0 Å². The van der Waals surface area contributed by atoms with Crippen LogP contribution in [0.25, 0.3) is 0 Å². The van der Waals surface area contributed by atoms with Crippen molar-refractivity contribution in [2.24, 2.45) is 0 Å². The van der Waals surface area contributed by atoms with Gasteiger partial charge in [0.05, 0.1) is 10.6 Å². The summed E-state index contributed by atoms with van der Waals surface area (Å²) in [5.41, 5.74) is 0.387. The fourth-order valence-corrected chi connectivity index (χ4v) is 2.45. The van der Waals surface area contributed by atoms with Crippen LogP contribution in [0.3, 0.4) is 0 Å². The molecule has 0 aromatic heterocycles. The number of halogens is 2. The number of hydrogen-bond donors (Lipinski definition) is 2. The van der Waals surface area contributed by atoms with Gasteiger partial charge in [0, 0.05) is 18.9 Å². The fourth-order valence-electron chi connectivity index (χ4n) is 1.80. The molecule has 0 amide bonds. The van der Waals surface area contributed by atoms with Gasteiger partial charge < -0.3 is 10.4 Å². The second kappa shape index (κ2) is 5.69. The molecule has 21 heavy (non-hydrogen) atoms. The Morgan fingerprint density at radius 3 is 2.48 bits per heavy atom. The van der Waals surface area contributed by atoms with Gasteiger partial charge in [-0.05, 0) is 35.9 Å². The summed E-state index contributed by atoms with van der Waals surface area (Å²) in [5.74, 6) is -1.47. The lowest BCUT2D eigenvalue weighted by atomic mass is 10.2. The summed E-state index contributed by atoms with van der Waals surface area (Å²) < 4.78 is 49.6.